The van der Waals surface area contributed by atoms with Crippen LogP contribution in [-0.4, -0.2) is 29.6 Å². The number of carbonyl (C=O) groups excluding carboxylic acids is 1. The van der Waals surface area contributed by atoms with E-state index in [1.807, 2.05) is 0 Å². The van der Waals surface area contributed by atoms with E-state index >= 15 is 0 Å². The molecule has 0 bridgehead atoms. The molecule has 1 rings (SSSR count). The van der Waals surface area contributed by atoms with Crippen molar-refractivity contribution >= 4 is 5.91 Å². The molecule has 0 heterocycles. The number of benzene rings is 1. The second-order valence-electron chi connectivity index (χ2n) is 3.53. The molecule has 0 aliphatic rings. The zero-order chi connectivity index (χ0) is 15.6. The summed E-state index contributed by atoms with van der Waals surface area (Å²) in [6.45, 7) is 0. The summed E-state index contributed by atoms with van der Waals surface area (Å²) in [5, 5.41) is 8.28. The lowest BCUT2D eigenvalue weighted by Gasteiger charge is -2.23. The van der Waals surface area contributed by atoms with Gasteiger partial charge >= 0.3 is 12.3 Å². The minimum absolute atomic E-state index is 0.171. The Kier molecular flexibility index (Phi) is 4.48. The highest BCUT2D eigenvalue weighted by Gasteiger charge is 2.59. The first kappa shape index (κ1) is 16.1. The third-order valence-corrected chi connectivity index (χ3v) is 2.05. The number of alkyl halides is 6. The molecule has 0 fully saturated rings. The van der Waals surface area contributed by atoms with Gasteiger partial charge in [-0.05, 0) is 24.3 Å². The van der Waals surface area contributed by atoms with Crippen LogP contribution in [0.2, 0.25) is 0 Å². The van der Waals surface area contributed by atoms with Crippen LogP contribution in [-0.2, 0) is 0 Å². The van der Waals surface area contributed by atoms with E-state index in [0.717, 1.165) is 24.3 Å². The Morgan fingerprint density at radius 1 is 1.15 bits per heavy atom. The number of rotatable bonds is 4. The van der Waals surface area contributed by atoms with Crippen molar-refractivity contribution in [3.05, 3.63) is 29.8 Å². The molecule has 0 radical (unpaired) electrons. The molecule has 20 heavy (non-hydrogen) atoms. The first-order valence-corrected chi connectivity index (χ1v) is 4.90. The maximum absolute atomic E-state index is 12.9. The summed E-state index contributed by atoms with van der Waals surface area (Å²) < 4.78 is 77.5. The lowest BCUT2D eigenvalue weighted by Crippen LogP contribution is -2.45. The fourth-order valence-corrected chi connectivity index (χ4v) is 1.14. The van der Waals surface area contributed by atoms with Gasteiger partial charge in [-0.2, -0.15) is 22.0 Å². The maximum Gasteiger partial charge on any atom is 0.439 e. The Balaban J connectivity index is 2.85. The first-order valence-electron chi connectivity index (χ1n) is 4.90. The van der Waals surface area contributed by atoms with Gasteiger partial charge in [-0.25, -0.2) is 9.87 Å². The maximum atomic E-state index is 12.9. The zero-order valence-corrected chi connectivity index (χ0v) is 9.42. The van der Waals surface area contributed by atoms with Crippen LogP contribution in [0.25, 0.3) is 0 Å². The van der Waals surface area contributed by atoms with Crippen molar-refractivity contribution in [2.75, 3.05) is 0 Å². The predicted molar refractivity (Wildman–Crippen MR) is 52.2 cm³/mol. The summed E-state index contributed by atoms with van der Waals surface area (Å²) >= 11 is 0. The number of hydrogen-bond acceptors (Lipinski definition) is 3. The smallest absolute Gasteiger partial charge is 0.430 e. The quantitative estimate of drug-likeness (QED) is 0.511. The highest BCUT2D eigenvalue weighted by atomic mass is 19.4. The monoisotopic (exact) mass is 303 g/mol. The number of carbonyl (C=O) groups is 1. The zero-order valence-electron chi connectivity index (χ0n) is 9.42. The Bertz CT molecular complexity index is 473. The molecule has 2 N–H and O–H groups in total. The van der Waals surface area contributed by atoms with Crippen LogP contribution in [0.4, 0.5) is 26.3 Å². The van der Waals surface area contributed by atoms with Gasteiger partial charge < -0.3 is 4.74 Å². The molecule has 0 spiro atoms. The third-order valence-electron chi connectivity index (χ3n) is 2.05. The molecule has 0 saturated heterocycles. The van der Waals surface area contributed by atoms with Gasteiger partial charge in [0.1, 0.15) is 5.75 Å². The van der Waals surface area contributed by atoms with Crippen molar-refractivity contribution in [1.29, 1.82) is 0 Å². The molecule has 0 saturated carbocycles. The lowest BCUT2D eigenvalue weighted by atomic mass is 10.2. The van der Waals surface area contributed by atoms with E-state index in [1.165, 1.54) is 5.48 Å². The normalized spacial score (nSPS) is 13.8. The van der Waals surface area contributed by atoms with Gasteiger partial charge in [-0.3, -0.25) is 10.0 Å². The fraction of sp³-hybridized carbons (Fsp3) is 0.300. The summed E-state index contributed by atoms with van der Waals surface area (Å²) in [5.41, 5.74) is 1.08. The van der Waals surface area contributed by atoms with E-state index in [4.69, 9.17) is 5.21 Å². The van der Waals surface area contributed by atoms with E-state index in [9.17, 15) is 31.1 Å². The minimum atomic E-state index is -5.78. The van der Waals surface area contributed by atoms with Gasteiger partial charge in [0.2, 0.25) is 0 Å². The molecule has 0 aromatic heterocycles. The van der Waals surface area contributed by atoms with E-state index in [0.29, 0.717) is 0 Å². The summed E-state index contributed by atoms with van der Waals surface area (Å²) in [4.78, 5) is 10.9. The summed E-state index contributed by atoms with van der Waals surface area (Å²) in [6, 6.07) is 3.22. The van der Waals surface area contributed by atoms with E-state index < -0.39 is 30.1 Å². The largest absolute Gasteiger partial charge is 0.439 e. The molecule has 10 heteroatoms. The van der Waals surface area contributed by atoms with Crippen molar-refractivity contribution in [1.82, 2.24) is 5.48 Å². The van der Waals surface area contributed by atoms with Crippen LogP contribution in [0.1, 0.15) is 10.4 Å². The Morgan fingerprint density at radius 3 is 2.05 bits per heavy atom. The molecule has 1 amide bonds. The summed E-state index contributed by atoms with van der Waals surface area (Å²) in [7, 11) is 0. The highest BCUT2D eigenvalue weighted by Crippen LogP contribution is 2.36. The second-order valence-corrected chi connectivity index (χ2v) is 3.53. The molecule has 1 unspecified atom stereocenters. The lowest BCUT2D eigenvalue weighted by molar-refractivity contribution is -0.304. The SMILES string of the molecule is O=C(NO)c1ccc(OC(F)(F)C(F)C(F)(F)F)cc1. The van der Waals surface area contributed by atoms with Gasteiger partial charge in [0.25, 0.3) is 12.1 Å². The Morgan fingerprint density at radius 2 is 1.65 bits per heavy atom. The molecule has 0 aliphatic heterocycles. The molecule has 112 valence electrons. The van der Waals surface area contributed by atoms with Crippen molar-refractivity contribution in [3.8, 4) is 5.75 Å². The molecular formula is C10H7F6NO3. The fourth-order valence-electron chi connectivity index (χ4n) is 1.14. The topological polar surface area (TPSA) is 58.6 Å². The van der Waals surface area contributed by atoms with Gasteiger partial charge in [0, 0.05) is 5.56 Å². The number of halogens is 6. The Hall–Kier alpha value is -1.97. The van der Waals surface area contributed by atoms with Crippen LogP contribution in [0, 0.1) is 0 Å². The highest BCUT2D eigenvalue weighted by molar-refractivity contribution is 5.93. The average Bonchev–Trinajstić information content (AvgIpc) is 2.36. The number of ether oxygens (including phenoxy) is 1. The van der Waals surface area contributed by atoms with Crippen molar-refractivity contribution in [2.24, 2.45) is 0 Å². The van der Waals surface area contributed by atoms with Gasteiger partial charge in [0.05, 0.1) is 0 Å². The van der Waals surface area contributed by atoms with Gasteiger partial charge in [-0.1, -0.05) is 0 Å². The first-order chi connectivity index (χ1) is 9.08. The Labute approximate surface area is 107 Å². The summed E-state index contributed by atoms with van der Waals surface area (Å²) in [6.07, 6.45) is -15.4. The average molecular weight is 303 g/mol. The van der Waals surface area contributed by atoms with E-state index in [2.05, 4.69) is 4.74 Å². The predicted octanol–water partition coefficient (Wildman–Crippen LogP) is 2.68. The van der Waals surface area contributed by atoms with Gasteiger partial charge in [0.15, 0.2) is 0 Å². The van der Waals surface area contributed by atoms with E-state index in [-0.39, 0.29) is 5.56 Å². The van der Waals surface area contributed by atoms with Crippen molar-refractivity contribution in [3.63, 3.8) is 0 Å². The molecule has 4 nitrogen and oxygen atoms in total. The minimum Gasteiger partial charge on any atom is -0.430 e. The molecule has 1 aromatic rings. The summed E-state index contributed by atoms with van der Waals surface area (Å²) in [5.74, 6) is -1.75. The van der Waals surface area contributed by atoms with Crippen LogP contribution in [0.5, 0.6) is 5.75 Å². The van der Waals surface area contributed by atoms with Crippen LogP contribution in [0.3, 0.4) is 0 Å². The van der Waals surface area contributed by atoms with Crippen molar-refractivity contribution in [2.45, 2.75) is 18.5 Å². The number of amides is 1. The van der Waals surface area contributed by atoms with Crippen LogP contribution in [0.15, 0.2) is 24.3 Å². The number of hydrogen-bond donors (Lipinski definition) is 2. The van der Waals surface area contributed by atoms with E-state index in [1.54, 1.807) is 0 Å². The van der Waals surface area contributed by atoms with Gasteiger partial charge in [-0.15, -0.1) is 0 Å². The molecule has 1 aromatic carbocycles. The molecular weight excluding hydrogens is 296 g/mol. The number of nitrogens with one attached hydrogen (secondary N) is 1. The number of hydroxylamine groups is 1. The third kappa shape index (κ3) is 3.76. The molecule has 0 aliphatic carbocycles. The standard InChI is InChI=1S/C10H7F6NO3/c11-8(9(12,13)14)10(15,16)20-6-3-1-5(2-4-6)7(18)17-19/h1-4,8,19H,(H,17,18). The second kappa shape index (κ2) is 5.57. The van der Waals surface area contributed by atoms with Crippen LogP contribution < -0.4 is 10.2 Å². The van der Waals surface area contributed by atoms with Crippen LogP contribution >= 0.6 is 0 Å². The molecule has 1 atom stereocenters. The van der Waals surface area contributed by atoms with Crippen molar-refractivity contribution < 1.29 is 41.1 Å².